The molecule has 8 N–H and O–H groups in total. The number of likely N-dealkylation sites (tertiary alicyclic amines) is 1. The molecule has 4 heterocycles. The highest BCUT2D eigenvalue weighted by Crippen LogP contribution is 2.21. The average molecular weight is 726 g/mol. The maximum atomic E-state index is 12.7. The minimum atomic E-state index is -0.475. The van der Waals surface area contributed by atoms with Crippen molar-refractivity contribution in [1.82, 2.24) is 24.7 Å². The zero-order chi connectivity index (χ0) is 37.7. The molecule has 2 aromatic heterocycles. The van der Waals surface area contributed by atoms with E-state index in [9.17, 15) is 4.79 Å². The van der Waals surface area contributed by atoms with Gasteiger partial charge in [-0.25, -0.2) is 9.97 Å². The van der Waals surface area contributed by atoms with Gasteiger partial charge in [0.1, 0.15) is 11.6 Å². The Bertz CT molecular complexity index is 1890. The first-order chi connectivity index (χ1) is 26.3. The normalized spacial score (nSPS) is 16.0. The number of pyridine rings is 2. The molecule has 54 heavy (non-hydrogen) atoms. The quantitative estimate of drug-likeness (QED) is 0.149. The fraction of sp³-hybridized carbons (Fsp3) is 0.341. The molecule has 10 nitrogen and oxygen atoms in total. The Morgan fingerprint density at radius 1 is 0.593 bits per heavy atom. The van der Waals surface area contributed by atoms with Gasteiger partial charge in [-0.15, -0.1) is 0 Å². The van der Waals surface area contributed by atoms with Crippen molar-refractivity contribution < 1.29 is 4.79 Å². The van der Waals surface area contributed by atoms with E-state index in [4.69, 9.17) is 22.9 Å². The highest BCUT2D eigenvalue weighted by Gasteiger charge is 2.25. The van der Waals surface area contributed by atoms with Crippen LogP contribution in [0.15, 0.2) is 115 Å². The lowest BCUT2D eigenvalue weighted by atomic mass is 10.0. The zero-order valence-electron chi connectivity index (χ0n) is 31.3. The number of aromatic nitrogens is 2. The lowest BCUT2D eigenvalue weighted by Crippen LogP contribution is -2.53. The fourth-order valence-corrected chi connectivity index (χ4v) is 7.04. The van der Waals surface area contributed by atoms with Gasteiger partial charge in [0.25, 0.3) is 0 Å². The summed E-state index contributed by atoms with van der Waals surface area (Å²) in [5.74, 6) is 1.15. The number of nitrogens with zero attached hydrogens (tertiary/aromatic N) is 5. The summed E-state index contributed by atoms with van der Waals surface area (Å²) in [4.78, 5) is 28.3. The number of rotatable bonds is 11. The van der Waals surface area contributed by atoms with Gasteiger partial charge in [0.05, 0.1) is 17.4 Å². The summed E-state index contributed by atoms with van der Waals surface area (Å²) < 4.78 is 0. The number of amides is 1. The van der Waals surface area contributed by atoms with Crippen LogP contribution < -0.4 is 22.9 Å². The number of carbonyl (C=O) groups excluding carboxylic acids is 1. The molecule has 0 spiro atoms. The van der Waals surface area contributed by atoms with Gasteiger partial charge < -0.3 is 32.7 Å². The summed E-state index contributed by atoms with van der Waals surface area (Å²) in [6, 6.07) is 38.5. The third-order valence-electron chi connectivity index (χ3n) is 10.4. The van der Waals surface area contributed by atoms with Gasteiger partial charge in [0, 0.05) is 56.4 Å². The van der Waals surface area contributed by atoms with Crippen molar-refractivity contribution in [1.29, 1.82) is 0 Å². The molecule has 2 aliphatic rings. The highest BCUT2D eigenvalue weighted by molar-refractivity contribution is 5.82. The molecule has 0 saturated carbocycles. The molecule has 0 bridgehead atoms. The standard InChI is InChI=1S/C26H31N5O.C18H24N4/c27-23(19-21-5-2-1-3-6-21)26(32)31-17-15-30(16-18-31)14-13-20-9-11-22(12-10-20)24-7-4-8-25(28)29-24;19-16-9-12-22(13-10-16)11-8-14-4-6-15(7-5-14)17-2-1-3-18(20)21-17/h1-12,23H,13-19,27H2,(H2,28,29);1-7,16H,8-13,19H2,(H2,20,21). The molecule has 1 unspecified atom stereocenters. The summed E-state index contributed by atoms with van der Waals surface area (Å²) in [5, 5.41) is 0. The fourth-order valence-electron chi connectivity index (χ4n) is 7.04. The lowest BCUT2D eigenvalue weighted by molar-refractivity contribution is -0.134. The van der Waals surface area contributed by atoms with Crippen LogP contribution in [0, 0.1) is 0 Å². The largest absolute Gasteiger partial charge is 0.384 e. The summed E-state index contributed by atoms with van der Waals surface area (Å²) in [6.07, 6.45) is 4.90. The number of piperidine rings is 1. The molecule has 10 heteroatoms. The van der Waals surface area contributed by atoms with Crippen molar-refractivity contribution in [3.63, 3.8) is 0 Å². The first kappa shape index (κ1) is 38.6. The topological polar surface area (TPSA) is 157 Å². The van der Waals surface area contributed by atoms with Crippen molar-refractivity contribution in [2.75, 3.05) is 63.8 Å². The predicted molar refractivity (Wildman–Crippen MR) is 220 cm³/mol. The van der Waals surface area contributed by atoms with Crippen LogP contribution >= 0.6 is 0 Å². The summed E-state index contributed by atoms with van der Waals surface area (Å²) in [7, 11) is 0. The minimum Gasteiger partial charge on any atom is -0.384 e. The van der Waals surface area contributed by atoms with Gasteiger partial charge in [0.15, 0.2) is 0 Å². The maximum absolute atomic E-state index is 12.7. The van der Waals surface area contributed by atoms with Gasteiger partial charge in [0.2, 0.25) is 5.91 Å². The first-order valence-electron chi connectivity index (χ1n) is 19.2. The van der Waals surface area contributed by atoms with E-state index in [2.05, 4.69) is 68.3 Å². The number of carbonyl (C=O) groups is 1. The first-order valence-corrected chi connectivity index (χ1v) is 19.2. The molecule has 5 aromatic rings. The number of hydrogen-bond acceptors (Lipinski definition) is 9. The van der Waals surface area contributed by atoms with Crippen molar-refractivity contribution in [2.45, 2.75) is 44.2 Å². The van der Waals surface area contributed by atoms with Gasteiger partial charge in [-0.05, 0) is 86.1 Å². The van der Waals surface area contributed by atoms with Crippen LogP contribution in [-0.4, -0.2) is 95.0 Å². The molecule has 2 aliphatic heterocycles. The van der Waals surface area contributed by atoms with E-state index < -0.39 is 6.04 Å². The van der Waals surface area contributed by atoms with Crippen LogP contribution in [0.2, 0.25) is 0 Å². The molecule has 282 valence electrons. The third kappa shape index (κ3) is 11.4. The molecular formula is C44H55N9O. The second-order valence-electron chi connectivity index (χ2n) is 14.4. The van der Waals surface area contributed by atoms with Crippen LogP contribution in [0.5, 0.6) is 0 Å². The van der Waals surface area contributed by atoms with E-state index in [0.29, 0.717) is 24.1 Å². The Hall–Kier alpha value is -5.13. The molecule has 0 aliphatic carbocycles. The zero-order valence-corrected chi connectivity index (χ0v) is 31.3. The van der Waals surface area contributed by atoms with Crippen LogP contribution in [0.25, 0.3) is 22.5 Å². The number of piperazine rings is 1. The van der Waals surface area contributed by atoms with Gasteiger partial charge in [-0.1, -0.05) is 91.0 Å². The Morgan fingerprint density at radius 3 is 1.56 bits per heavy atom. The number of hydrogen-bond donors (Lipinski definition) is 4. The molecule has 0 radical (unpaired) electrons. The minimum absolute atomic E-state index is 0.0549. The molecule has 7 rings (SSSR count). The van der Waals surface area contributed by atoms with Crippen LogP contribution in [0.4, 0.5) is 11.6 Å². The monoisotopic (exact) mass is 725 g/mol. The molecule has 1 amide bonds. The van der Waals surface area contributed by atoms with Crippen molar-refractivity contribution in [3.05, 3.63) is 132 Å². The third-order valence-corrected chi connectivity index (χ3v) is 10.4. The van der Waals surface area contributed by atoms with Crippen LogP contribution in [0.3, 0.4) is 0 Å². The second-order valence-corrected chi connectivity index (χ2v) is 14.4. The van der Waals surface area contributed by atoms with E-state index in [1.807, 2.05) is 65.6 Å². The van der Waals surface area contributed by atoms with E-state index in [-0.39, 0.29) is 5.91 Å². The van der Waals surface area contributed by atoms with Crippen molar-refractivity contribution in [2.24, 2.45) is 11.5 Å². The Morgan fingerprint density at radius 2 is 1.07 bits per heavy atom. The number of nitrogen functional groups attached to an aromatic ring is 2. The number of benzene rings is 3. The summed E-state index contributed by atoms with van der Waals surface area (Å²) in [5.41, 5.74) is 31.4. The summed E-state index contributed by atoms with van der Waals surface area (Å²) in [6.45, 7) is 7.60. The highest BCUT2D eigenvalue weighted by atomic mass is 16.2. The smallest absolute Gasteiger partial charge is 0.239 e. The summed E-state index contributed by atoms with van der Waals surface area (Å²) >= 11 is 0. The Balaban J connectivity index is 0.000000197. The predicted octanol–water partition coefficient (Wildman–Crippen LogP) is 4.88. The number of nitrogens with two attached hydrogens (primary N) is 4. The van der Waals surface area contributed by atoms with Crippen molar-refractivity contribution >= 4 is 17.5 Å². The lowest BCUT2D eigenvalue weighted by Gasteiger charge is -2.36. The van der Waals surface area contributed by atoms with E-state index >= 15 is 0 Å². The molecule has 2 fully saturated rings. The van der Waals surface area contributed by atoms with E-state index in [1.165, 1.54) is 11.1 Å². The SMILES string of the molecule is Nc1cccc(-c2ccc(CCN3CCC(N)CC3)cc2)n1.Nc1cccc(-c2ccc(CCN3CCN(C(=O)C(N)Cc4ccccc4)CC3)cc2)n1. The van der Waals surface area contributed by atoms with Gasteiger partial charge in [-0.2, -0.15) is 0 Å². The van der Waals surface area contributed by atoms with E-state index in [0.717, 1.165) is 106 Å². The van der Waals surface area contributed by atoms with Crippen LogP contribution in [-0.2, 0) is 24.1 Å². The molecule has 2 saturated heterocycles. The average Bonchev–Trinajstić information content (AvgIpc) is 3.21. The molecule has 1 atom stereocenters. The number of anilines is 2. The second kappa shape index (κ2) is 19.3. The molecular weight excluding hydrogens is 671 g/mol. The van der Waals surface area contributed by atoms with Gasteiger partial charge >= 0.3 is 0 Å². The Labute approximate surface area is 320 Å². The maximum Gasteiger partial charge on any atom is 0.239 e. The Kier molecular flexibility index (Phi) is 13.8. The van der Waals surface area contributed by atoms with Crippen molar-refractivity contribution in [3.8, 4) is 22.5 Å². The van der Waals surface area contributed by atoms with Gasteiger partial charge in [-0.3, -0.25) is 9.69 Å². The van der Waals surface area contributed by atoms with E-state index in [1.54, 1.807) is 6.07 Å². The molecule has 3 aromatic carbocycles. The van der Waals surface area contributed by atoms with Crippen LogP contribution in [0.1, 0.15) is 29.5 Å².